The molecular formula is C19H27N3O4S2. The summed E-state index contributed by atoms with van der Waals surface area (Å²) < 4.78 is 52.9. The predicted octanol–water partition coefficient (Wildman–Crippen LogP) is 2.30. The molecule has 1 atom stereocenters. The molecule has 0 amide bonds. The molecule has 3 rings (SSSR count). The van der Waals surface area contributed by atoms with Gasteiger partial charge < -0.3 is 0 Å². The Morgan fingerprint density at radius 2 is 1.89 bits per heavy atom. The molecule has 7 nitrogen and oxygen atoms in total. The van der Waals surface area contributed by atoms with Crippen LogP contribution in [0.15, 0.2) is 23.1 Å². The first-order valence-electron chi connectivity index (χ1n) is 9.21. The van der Waals surface area contributed by atoms with Gasteiger partial charge in [-0.1, -0.05) is 12.1 Å². The van der Waals surface area contributed by atoms with Crippen molar-refractivity contribution in [2.45, 2.75) is 51.6 Å². The molecule has 0 radical (unpaired) electrons. The molecule has 154 valence electrons. The lowest BCUT2D eigenvalue weighted by atomic mass is 10.2. The quantitative estimate of drug-likeness (QED) is 0.733. The van der Waals surface area contributed by atoms with Crippen LogP contribution in [0.2, 0.25) is 0 Å². The maximum atomic E-state index is 13.1. The van der Waals surface area contributed by atoms with Gasteiger partial charge in [0.15, 0.2) is 9.84 Å². The lowest BCUT2D eigenvalue weighted by Gasteiger charge is -2.19. The minimum absolute atomic E-state index is 0.0883. The van der Waals surface area contributed by atoms with Gasteiger partial charge in [0, 0.05) is 24.8 Å². The number of hydrogen-bond donors (Lipinski definition) is 0. The van der Waals surface area contributed by atoms with Crippen LogP contribution in [0.1, 0.15) is 40.5 Å². The minimum Gasteiger partial charge on any atom is -0.265 e. The Kier molecular flexibility index (Phi) is 5.46. The average molecular weight is 426 g/mol. The summed E-state index contributed by atoms with van der Waals surface area (Å²) in [4.78, 5) is 0.305. The molecular weight excluding hydrogens is 398 g/mol. The van der Waals surface area contributed by atoms with Gasteiger partial charge in [-0.15, -0.1) is 0 Å². The largest absolute Gasteiger partial charge is 0.265 e. The van der Waals surface area contributed by atoms with E-state index in [1.165, 1.54) is 4.31 Å². The number of hydrogen-bond acceptors (Lipinski definition) is 5. The fourth-order valence-corrected chi connectivity index (χ4v) is 6.85. The zero-order valence-corrected chi connectivity index (χ0v) is 18.6. The van der Waals surface area contributed by atoms with Gasteiger partial charge in [-0.2, -0.15) is 9.40 Å². The highest BCUT2D eigenvalue weighted by Crippen LogP contribution is 2.28. The Labute approximate surface area is 167 Å². The molecule has 2 aromatic rings. The van der Waals surface area contributed by atoms with Crippen LogP contribution in [-0.2, 0) is 26.4 Å². The van der Waals surface area contributed by atoms with E-state index in [-0.39, 0.29) is 24.1 Å². The van der Waals surface area contributed by atoms with Gasteiger partial charge in [-0.3, -0.25) is 4.68 Å². The lowest BCUT2D eigenvalue weighted by Crippen LogP contribution is -2.27. The summed E-state index contributed by atoms with van der Waals surface area (Å²) in [6.07, 6.45) is 0.542. The molecule has 0 spiro atoms. The third kappa shape index (κ3) is 3.88. The zero-order valence-electron chi connectivity index (χ0n) is 16.9. The molecule has 0 N–H and O–H groups in total. The van der Waals surface area contributed by atoms with Crippen molar-refractivity contribution in [1.29, 1.82) is 0 Å². The maximum absolute atomic E-state index is 13.1. The summed E-state index contributed by atoms with van der Waals surface area (Å²) in [7, 11) is -5.11. The van der Waals surface area contributed by atoms with E-state index in [0.29, 0.717) is 16.9 Å². The maximum Gasteiger partial charge on any atom is 0.243 e. The van der Waals surface area contributed by atoms with Crippen LogP contribution < -0.4 is 0 Å². The van der Waals surface area contributed by atoms with Crippen LogP contribution in [-0.4, -0.2) is 49.5 Å². The van der Waals surface area contributed by atoms with Crippen LogP contribution in [0, 0.1) is 27.7 Å². The number of sulfone groups is 1. The Morgan fingerprint density at radius 3 is 2.50 bits per heavy atom. The number of sulfonamides is 1. The summed E-state index contributed by atoms with van der Waals surface area (Å²) in [6, 6.07) is 5.21. The molecule has 0 unspecified atom stereocenters. The van der Waals surface area contributed by atoms with Gasteiger partial charge in [0.25, 0.3) is 0 Å². The highest BCUT2D eigenvalue weighted by atomic mass is 32.2. The highest BCUT2D eigenvalue weighted by Gasteiger charge is 2.32. The van der Waals surface area contributed by atoms with Gasteiger partial charge >= 0.3 is 0 Å². The topological polar surface area (TPSA) is 89.3 Å². The van der Waals surface area contributed by atoms with Crippen molar-refractivity contribution < 1.29 is 16.8 Å². The van der Waals surface area contributed by atoms with Crippen molar-refractivity contribution in [3.05, 3.63) is 46.3 Å². The summed E-state index contributed by atoms with van der Waals surface area (Å²) in [5, 5.41) is 4.53. The van der Waals surface area contributed by atoms with Crippen molar-refractivity contribution in [3.63, 3.8) is 0 Å². The minimum atomic E-state index is -3.65. The van der Waals surface area contributed by atoms with E-state index in [9.17, 15) is 16.8 Å². The molecule has 1 saturated heterocycles. The van der Waals surface area contributed by atoms with E-state index >= 15 is 0 Å². The Morgan fingerprint density at radius 1 is 1.21 bits per heavy atom. The zero-order chi connectivity index (χ0) is 20.9. The Hall–Kier alpha value is -1.71. The van der Waals surface area contributed by atoms with E-state index in [1.54, 1.807) is 24.7 Å². The average Bonchev–Trinajstić information content (AvgIpc) is 3.10. The van der Waals surface area contributed by atoms with E-state index < -0.39 is 19.9 Å². The number of aryl methyl sites for hydroxylation is 3. The second-order valence-electron chi connectivity index (χ2n) is 7.68. The second kappa shape index (κ2) is 7.27. The number of nitrogens with zero attached hydrogens (tertiary/aromatic N) is 3. The molecule has 0 saturated carbocycles. The number of rotatable bonds is 5. The Balaban J connectivity index is 1.90. The standard InChI is InChI=1S/C19H27N3O4S2/c1-13-6-7-14(2)19(10-13)28(25,26)21(5)11-18-15(3)20-22(16(18)4)17-8-9-27(23,24)12-17/h6-7,10,17H,8-9,11-12H2,1-5H3/t17-/m0/s1. The highest BCUT2D eigenvalue weighted by molar-refractivity contribution is 7.91. The summed E-state index contributed by atoms with van der Waals surface area (Å²) >= 11 is 0. The first-order valence-corrected chi connectivity index (χ1v) is 12.5. The molecule has 1 aromatic heterocycles. The third-order valence-electron chi connectivity index (χ3n) is 5.44. The normalized spacial score (nSPS) is 19.4. The van der Waals surface area contributed by atoms with Crippen LogP contribution in [0.25, 0.3) is 0 Å². The number of benzene rings is 1. The fourth-order valence-electron chi connectivity index (χ4n) is 3.71. The van der Waals surface area contributed by atoms with E-state index in [4.69, 9.17) is 0 Å². The predicted molar refractivity (Wildman–Crippen MR) is 109 cm³/mol. The molecule has 0 bridgehead atoms. The third-order valence-corrected chi connectivity index (χ3v) is 9.14. The van der Waals surface area contributed by atoms with Crippen molar-refractivity contribution in [3.8, 4) is 0 Å². The lowest BCUT2D eigenvalue weighted by molar-refractivity contribution is 0.461. The molecule has 1 aromatic carbocycles. The molecule has 28 heavy (non-hydrogen) atoms. The molecule has 1 aliphatic rings. The van der Waals surface area contributed by atoms with Crippen molar-refractivity contribution >= 4 is 19.9 Å². The smallest absolute Gasteiger partial charge is 0.243 e. The van der Waals surface area contributed by atoms with Gasteiger partial charge in [0.2, 0.25) is 10.0 Å². The van der Waals surface area contributed by atoms with Gasteiger partial charge in [-0.05, 0) is 51.3 Å². The van der Waals surface area contributed by atoms with E-state index in [1.807, 2.05) is 32.9 Å². The van der Waals surface area contributed by atoms with E-state index in [2.05, 4.69) is 5.10 Å². The Bertz CT molecular complexity index is 1120. The monoisotopic (exact) mass is 425 g/mol. The fraction of sp³-hybridized carbons (Fsp3) is 0.526. The van der Waals surface area contributed by atoms with E-state index in [0.717, 1.165) is 22.5 Å². The van der Waals surface area contributed by atoms with Crippen LogP contribution in [0.4, 0.5) is 0 Å². The van der Waals surface area contributed by atoms with Gasteiger partial charge in [-0.25, -0.2) is 16.8 Å². The van der Waals surface area contributed by atoms with Crippen molar-refractivity contribution in [2.24, 2.45) is 0 Å². The van der Waals surface area contributed by atoms with Crippen LogP contribution in [0.5, 0.6) is 0 Å². The molecule has 9 heteroatoms. The SMILES string of the molecule is Cc1ccc(C)c(S(=O)(=O)N(C)Cc2c(C)nn([C@H]3CCS(=O)(=O)C3)c2C)c1. The molecule has 1 aliphatic heterocycles. The summed E-state index contributed by atoms with van der Waals surface area (Å²) in [5.41, 5.74) is 3.96. The summed E-state index contributed by atoms with van der Waals surface area (Å²) in [5.74, 6) is 0.261. The van der Waals surface area contributed by atoms with Gasteiger partial charge in [0.1, 0.15) is 0 Å². The first-order chi connectivity index (χ1) is 12.9. The first kappa shape index (κ1) is 21.0. The molecule has 1 fully saturated rings. The number of aromatic nitrogens is 2. The van der Waals surface area contributed by atoms with Crippen LogP contribution in [0.3, 0.4) is 0 Å². The van der Waals surface area contributed by atoms with Crippen molar-refractivity contribution in [2.75, 3.05) is 18.6 Å². The second-order valence-corrected chi connectivity index (χ2v) is 11.9. The van der Waals surface area contributed by atoms with Crippen LogP contribution >= 0.6 is 0 Å². The summed E-state index contributed by atoms with van der Waals surface area (Å²) in [6.45, 7) is 7.55. The van der Waals surface area contributed by atoms with Gasteiger partial charge in [0.05, 0.1) is 28.1 Å². The molecule has 0 aliphatic carbocycles. The van der Waals surface area contributed by atoms with Crippen molar-refractivity contribution in [1.82, 2.24) is 14.1 Å². The molecule has 2 heterocycles.